The molecule has 15 heavy (non-hydrogen) atoms. The molecule has 0 spiro atoms. The first-order valence-corrected chi connectivity index (χ1v) is 4.44. The van der Waals surface area contributed by atoms with E-state index in [1.807, 2.05) is 0 Å². The third-order valence-corrected chi connectivity index (χ3v) is 1.88. The number of benzene rings is 1. The molecule has 1 N–H and O–H groups in total. The second kappa shape index (κ2) is 4.61. The summed E-state index contributed by atoms with van der Waals surface area (Å²) in [4.78, 5) is 0. The molecule has 84 valence electrons. The summed E-state index contributed by atoms with van der Waals surface area (Å²) in [5.74, 6) is 0.323. The normalized spacial score (nSPS) is 11.3. The molecular weight excluding hydrogens is 231 g/mol. The lowest BCUT2D eigenvalue weighted by Crippen LogP contribution is -2.21. The van der Waals surface area contributed by atoms with Crippen molar-refractivity contribution in [3.8, 4) is 5.75 Å². The predicted molar refractivity (Wildman–Crippen MR) is 52.5 cm³/mol. The molecule has 0 aliphatic heterocycles. The first-order chi connectivity index (χ1) is 6.92. The monoisotopic (exact) mass is 239 g/mol. The Kier molecular flexibility index (Phi) is 3.68. The van der Waals surface area contributed by atoms with Gasteiger partial charge in [-0.05, 0) is 18.2 Å². The molecule has 2 nitrogen and oxygen atoms in total. The van der Waals surface area contributed by atoms with Crippen LogP contribution in [0.25, 0.3) is 0 Å². The van der Waals surface area contributed by atoms with Crippen LogP contribution in [0.3, 0.4) is 0 Å². The van der Waals surface area contributed by atoms with Gasteiger partial charge in [0.25, 0.3) is 0 Å². The summed E-state index contributed by atoms with van der Waals surface area (Å²) in [5.41, 5.74) is 0.224. The molecule has 0 radical (unpaired) electrons. The van der Waals surface area contributed by atoms with Crippen molar-refractivity contribution in [3.63, 3.8) is 0 Å². The van der Waals surface area contributed by atoms with Crippen LogP contribution in [0, 0.1) is 0 Å². The third-order valence-electron chi connectivity index (χ3n) is 1.64. The van der Waals surface area contributed by atoms with Crippen LogP contribution >= 0.6 is 11.6 Å². The molecule has 0 saturated heterocycles. The Morgan fingerprint density at radius 1 is 1.40 bits per heavy atom. The molecule has 0 saturated carbocycles. The predicted octanol–water partition coefficient (Wildman–Crippen LogP) is 3.32. The number of hydrogen-bond acceptors (Lipinski definition) is 2. The molecule has 6 heteroatoms. The lowest BCUT2D eigenvalue weighted by molar-refractivity contribution is -0.115. The highest BCUT2D eigenvalue weighted by atomic mass is 35.5. The van der Waals surface area contributed by atoms with Gasteiger partial charge in [0.15, 0.2) is 0 Å². The van der Waals surface area contributed by atoms with E-state index < -0.39 is 12.7 Å². The summed E-state index contributed by atoms with van der Waals surface area (Å²) in [5, 5.41) is 2.56. The van der Waals surface area contributed by atoms with Crippen molar-refractivity contribution < 1.29 is 17.9 Å². The van der Waals surface area contributed by atoms with Crippen LogP contribution in [0.4, 0.5) is 18.9 Å². The first-order valence-electron chi connectivity index (χ1n) is 4.06. The van der Waals surface area contributed by atoms with Gasteiger partial charge in [0.2, 0.25) is 0 Å². The maximum atomic E-state index is 11.9. The largest absolute Gasteiger partial charge is 0.495 e. The lowest BCUT2D eigenvalue weighted by Gasteiger charge is -2.12. The Balaban J connectivity index is 2.79. The topological polar surface area (TPSA) is 21.3 Å². The van der Waals surface area contributed by atoms with Gasteiger partial charge in [0.05, 0.1) is 12.8 Å². The van der Waals surface area contributed by atoms with E-state index >= 15 is 0 Å². The minimum atomic E-state index is -4.27. The number of hydrogen-bond donors (Lipinski definition) is 1. The number of ether oxygens (including phenoxy) is 1. The molecule has 0 aliphatic carbocycles. The van der Waals surface area contributed by atoms with Crippen LogP contribution in [0.2, 0.25) is 5.02 Å². The zero-order valence-electron chi connectivity index (χ0n) is 7.86. The maximum Gasteiger partial charge on any atom is 0.405 e. The van der Waals surface area contributed by atoms with Crippen LogP contribution in [-0.4, -0.2) is 19.8 Å². The highest BCUT2D eigenvalue weighted by Gasteiger charge is 2.27. The fraction of sp³-hybridized carbons (Fsp3) is 0.333. The summed E-state index contributed by atoms with van der Waals surface area (Å²) in [6, 6.07) is 4.42. The summed E-state index contributed by atoms with van der Waals surface area (Å²) in [7, 11) is 1.38. The quantitative estimate of drug-likeness (QED) is 0.874. The van der Waals surface area contributed by atoms with E-state index in [4.69, 9.17) is 16.3 Å². The van der Waals surface area contributed by atoms with Gasteiger partial charge in [-0.25, -0.2) is 0 Å². The van der Waals surface area contributed by atoms with Crippen molar-refractivity contribution in [2.75, 3.05) is 19.0 Å². The van der Waals surface area contributed by atoms with Crippen molar-refractivity contribution in [3.05, 3.63) is 23.2 Å². The van der Waals surface area contributed by atoms with E-state index in [0.29, 0.717) is 10.8 Å². The van der Waals surface area contributed by atoms with Crippen molar-refractivity contribution in [2.24, 2.45) is 0 Å². The zero-order chi connectivity index (χ0) is 11.5. The van der Waals surface area contributed by atoms with Crippen molar-refractivity contribution in [2.45, 2.75) is 6.18 Å². The van der Waals surface area contributed by atoms with Crippen molar-refractivity contribution >= 4 is 17.3 Å². The number of halogens is 4. The molecule has 0 atom stereocenters. The van der Waals surface area contributed by atoms with Gasteiger partial charge in [-0.1, -0.05) is 11.6 Å². The minimum Gasteiger partial charge on any atom is -0.495 e. The molecule has 0 bridgehead atoms. The van der Waals surface area contributed by atoms with Crippen LogP contribution in [-0.2, 0) is 0 Å². The Hall–Kier alpha value is -1.10. The summed E-state index contributed by atoms with van der Waals surface area (Å²) in [6.45, 7) is -1.12. The molecule has 1 rings (SSSR count). The Bertz CT molecular complexity index is 341. The van der Waals surface area contributed by atoms with Gasteiger partial charge in [-0.2, -0.15) is 13.2 Å². The van der Waals surface area contributed by atoms with Gasteiger partial charge in [-0.3, -0.25) is 0 Å². The fourth-order valence-electron chi connectivity index (χ4n) is 1.01. The second-order valence-electron chi connectivity index (χ2n) is 2.81. The standard InChI is InChI=1S/C9H9ClF3NO/c1-15-8-3-2-6(10)4-7(8)14-5-9(11,12)13/h2-4,14H,5H2,1H3. The smallest absolute Gasteiger partial charge is 0.405 e. The average Bonchev–Trinajstić information content (AvgIpc) is 2.14. The number of methoxy groups -OCH3 is 1. The van der Waals surface area contributed by atoms with E-state index in [-0.39, 0.29) is 5.69 Å². The molecule has 0 heterocycles. The average molecular weight is 240 g/mol. The Morgan fingerprint density at radius 2 is 2.07 bits per heavy atom. The molecule has 1 aromatic carbocycles. The van der Waals surface area contributed by atoms with Gasteiger partial charge >= 0.3 is 6.18 Å². The van der Waals surface area contributed by atoms with E-state index in [1.165, 1.54) is 19.2 Å². The number of anilines is 1. The van der Waals surface area contributed by atoms with Gasteiger partial charge in [-0.15, -0.1) is 0 Å². The summed E-state index contributed by atoms with van der Waals surface area (Å²) < 4.78 is 40.7. The highest BCUT2D eigenvalue weighted by Crippen LogP contribution is 2.28. The van der Waals surface area contributed by atoms with Crippen LogP contribution in [0.5, 0.6) is 5.75 Å². The number of rotatable bonds is 3. The van der Waals surface area contributed by atoms with E-state index in [2.05, 4.69) is 5.32 Å². The second-order valence-corrected chi connectivity index (χ2v) is 3.25. The summed E-state index contributed by atoms with van der Waals surface area (Å²) in [6.07, 6.45) is -4.27. The third kappa shape index (κ3) is 3.87. The number of nitrogens with one attached hydrogen (secondary N) is 1. The summed E-state index contributed by atoms with van der Waals surface area (Å²) >= 11 is 5.65. The molecule has 1 aromatic rings. The van der Waals surface area contributed by atoms with Crippen molar-refractivity contribution in [1.82, 2.24) is 0 Å². The van der Waals surface area contributed by atoms with Gasteiger partial charge < -0.3 is 10.1 Å². The number of alkyl halides is 3. The lowest BCUT2D eigenvalue weighted by atomic mass is 10.3. The molecular formula is C9H9ClF3NO. The van der Waals surface area contributed by atoms with Crippen LogP contribution in [0.15, 0.2) is 18.2 Å². The molecule has 0 aromatic heterocycles. The van der Waals surface area contributed by atoms with Gasteiger partial charge in [0.1, 0.15) is 12.3 Å². The van der Waals surface area contributed by atoms with E-state index in [1.54, 1.807) is 6.07 Å². The van der Waals surface area contributed by atoms with Crippen LogP contribution in [0.1, 0.15) is 0 Å². The minimum absolute atomic E-state index is 0.224. The molecule has 0 aliphatic rings. The maximum absolute atomic E-state index is 11.9. The van der Waals surface area contributed by atoms with Crippen molar-refractivity contribution in [1.29, 1.82) is 0 Å². The van der Waals surface area contributed by atoms with E-state index in [0.717, 1.165) is 0 Å². The van der Waals surface area contributed by atoms with E-state index in [9.17, 15) is 13.2 Å². The Morgan fingerprint density at radius 3 is 2.60 bits per heavy atom. The highest BCUT2D eigenvalue weighted by molar-refractivity contribution is 6.30. The first kappa shape index (κ1) is 12.0. The SMILES string of the molecule is COc1ccc(Cl)cc1NCC(F)(F)F. The van der Waals surface area contributed by atoms with Crippen LogP contribution < -0.4 is 10.1 Å². The molecule has 0 fully saturated rings. The van der Waals surface area contributed by atoms with Gasteiger partial charge in [0, 0.05) is 5.02 Å². The molecule has 0 unspecified atom stereocenters. The Labute approximate surface area is 90.0 Å². The fourth-order valence-corrected chi connectivity index (χ4v) is 1.19. The molecule has 0 amide bonds. The zero-order valence-corrected chi connectivity index (χ0v) is 8.62.